The van der Waals surface area contributed by atoms with Crippen LogP contribution in [0.1, 0.15) is 25.7 Å². The molecule has 1 saturated heterocycles. The van der Waals surface area contributed by atoms with Crippen LogP contribution < -0.4 is 9.47 Å². The molecule has 5 nitrogen and oxygen atoms in total. The number of alkyl halides is 1. The topological polar surface area (TPSA) is 62.2 Å². The Hall–Kier alpha value is -2.74. The number of phenols is 2. The van der Waals surface area contributed by atoms with Crippen molar-refractivity contribution in [1.29, 1.82) is 0 Å². The number of hydrogen-bond acceptors (Lipinski definition) is 6. The molecule has 1 aliphatic heterocycles. The van der Waals surface area contributed by atoms with Gasteiger partial charge in [0.2, 0.25) is 0 Å². The van der Waals surface area contributed by atoms with E-state index >= 15 is 0 Å². The largest absolute Gasteiger partial charge is 0.508 e. The van der Waals surface area contributed by atoms with Crippen LogP contribution in [0.15, 0.2) is 66.7 Å². The Morgan fingerprint density at radius 3 is 2.32 bits per heavy atom. The van der Waals surface area contributed by atoms with E-state index in [2.05, 4.69) is 20.8 Å². The first-order valence-electron chi connectivity index (χ1n) is 12.8. The molecule has 2 heterocycles. The second-order valence-electron chi connectivity index (χ2n) is 9.53. The fourth-order valence-electron chi connectivity index (χ4n) is 4.84. The highest BCUT2D eigenvalue weighted by atomic mass is 79.9. The van der Waals surface area contributed by atoms with Gasteiger partial charge in [0.15, 0.2) is 5.75 Å². The predicted molar refractivity (Wildman–Crippen MR) is 155 cm³/mol. The average Bonchev–Trinajstić information content (AvgIpc) is 3.26. The Bertz CT molecular complexity index is 1300. The summed E-state index contributed by atoms with van der Waals surface area (Å²) in [6.07, 6.45) is 5.20. The Labute approximate surface area is 230 Å². The number of rotatable bonds is 10. The summed E-state index contributed by atoms with van der Waals surface area (Å²) in [6, 6.07) is 20.1. The lowest BCUT2D eigenvalue weighted by Crippen LogP contribution is -2.36. The third kappa shape index (κ3) is 6.58. The van der Waals surface area contributed by atoms with E-state index in [-0.39, 0.29) is 11.5 Å². The van der Waals surface area contributed by atoms with E-state index in [4.69, 9.17) is 9.47 Å². The van der Waals surface area contributed by atoms with Gasteiger partial charge in [0.25, 0.3) is 0 Å². The van der Waals surface area contributed by atoms with E-state index in [9.17, 15) is 10.2 Å². The van der Waals surface area contributed by atoms with Gasteiger partial charge in [0.1, 0.15) is 29.6 Å². The van der Waals surface area contributed by atoms with Gasteiger partial charge in [-0.05, 0) is 117 Å². The van der Waals surface area contributed by atoms with Crippen molar-refractivity contribution in [2.75, 3.05) is 31.6 Å². The first-order valence-corrected chi connectivity index (χ1v) is 14.8. The van der Waals surface area contributed by atoms with Crippen LogP contribution in [0.25, 0.3) is 20.5 Å². The standard InChI is InChI=1S/C30H32BrNO4S/c31-15-1-2-21-13-16-32(17-14-21)18-19-35-25-8-10-26(11-9-25)36-29-27-12-7-24(34)20-28(27)37-30(29)22-3-5-23(33)6-4-22/h3-12,20-21,33-34H,1-2,13-19H2. The third-order valence-corrected chi connectivity index (χ3v) is 8.67. The number of likely N-dealkylation sites (tertiary alicyclic amines) is 1. The van der Waals surface area contributed by atoms with Gasteiger partial charge in [-0.15, -0.1) is 11.3 Å². The summed E-state index contributed by atoms with van der Waals surface area (Å²) in [4.78, 5) is 3.45. The van der Waals surface area contributed by atoms with Gasteiger partial charge in [0, 0.05) is 22.0 Å². The molecule has 5 rings (SSSR count). The van der Waals surface area contributed by atoms with E-state index in [1.807, 2.05) is 42.5 Å². The molecule has 194 valence electrons. The van der Waals surface area contributed by atoms with Crippen LogP contribution in [0.3, 0.4) is 0 Å². The van der Waals surface area contributed by atoms with Crippen LogP contribution in [-0.4, -0.2) is 46.7 Å². The van der Waals surface area contributed by atoms with E-state index in [0.29, 0.717) is 12.4 Å². The summed E-state index contributed by atoms with van der Waals surface area (Å²) in [5.41, 5.74) is 0.945. The predicted octanol–water partition coefficient (Wildman–Crippen LogP) is 8.04. The highest BCUT2D eigenvalue weighted by molar-refractivity contribution is 9.09. The molecule has 1 aliphatic rings. The fraction of sp³-hybridized carbons (Fsp3) is 0.333. The molecule has 3 aromatic carbocycles. The van der Waals surface area contributed by atoms with Crippen LogP contribution in [0.5, 0.6) is 28.7 Å². The zero-order valence-corrected chi connectivity index (χ0v) is 23.1. The van der Waals surface area contributed by atoms with Crippen LogP contribution in [0.4, 0.5) is 0 Å². The van der Waals surface area contributed by atoms with E-state index < -0.39 is 0 Å². The lowest BCUT2D eigenvalue weighted by atomic mass is 9.92. The van der Waals surface area contributed by atoms with Gasteiger partial charge >= 0.3 is 0 Å². The number of hydrogen-bond donors (Lipinski definition) is 2. The maximum Gasteiger partial charge on any atom is 0.153 e. The number of fused-ring (bicyclic) bond motifs is 1. The number of thiophene rings is 1. The van der Waals surface area contributed by atoms with Crippen molar-refractivity contribution in [3.05, 3.63) is 66.7 Å². The Morgan fingerprint density at radius 1 is 0.892 bits per heavy atom. The molecular formula is C30H32BrNO4S. The molecule has 0 amide bonds. The number of piperidine rings is 1. The minimum Gasteiger partial charge on any atom is -0.508 e. The van der Waals surface area contributed by atoms with Crippen molar-refractivity contribution in [2.45, 2.75) is 25.7 Å². The highest BCUT2D eigenvalue weighted by Crippen LogP contribution is 2.47. The summed E-state index contributed by atoms with van der Waals surface area (Å²) in [5, 5.41) is 21.7. The number of nitrogens with zero attached hydrogens (tertiary/aromatic N) is 1. The summed E-state index contributed by atoms with van der Waals surface area (Å²) < 4.78 is 13.3. The van der Waals surface area contributed by atoms with Crippen molar-refractivity contribution in [3.8, 4) is 39.2 Å². The van der Waals surface area contributed by atoms with Crippen molar-refractivity contribution in [3.63, 3.8) is 0 Å². The van der Waals surface area contributed by atoms with Crippen molar-refractivity contribution in [1.82, 2.24) is 4.90 Å². The molecule has 1 aromatic heterocycles. The summed E-state index contributed by atoms with van der Waals surface area (Å²) in [7, 11) is 0. The quantitative estimate of drug-likeness (QED) is 0.185. The Morgan fingerprint density at radius 2 is 1.59 bits per heavy atom. The van der Waals surface area contributed by atoms with Crippen molar-refractivity contribution in [2.24, 2.45) is 5.92 Å². The second-order valence-corrected chi connectivity index (χ2v) is 11.4. The zero-order valence-electron chi connectivity index (χ0n) is 20.7. The maximum absolute atomic E-state index is 9.97. The molecule has 0 aliphatic carbocycles. The first kappa shape index (κ1) is 25.9. The van der Waals surface area contributed by atoms with Gasteiger partial charge < -0.3 is 19.7 Å². The first-order chi connectivity index (χ1) is 18.1. The van der Waals surface area contributed by atoms with Crippen LogP contribution in [0, 0.1) is 5.92 Å². The minimum absolute atomic E-state index is 0.218. The number of halogens is 1. The molecule has 7 heteroatoms. The van der Waals surface area contributed by atoms with Crippen LogP contribution in [-0.2, 0) is 0 Å². The van der Waals surface area contributed by atoms with Gasteiger partial charge in [-0.3, -0.25) is 4.90 Å². The highest BCUT2D eigenvalue weighted by Gasteiger charge is 2.19. The third-order valence-electron chi connectivity index (χ3n) is 6.93. The summed E-state index contributed by atoms with van der Waals surface area (Å²) in [6.45, 7) is 3.96. The summed E-state index contributed by atoms with van der Waals surface area (Å²) in [5.74, 6) is 3.60. The van der Waals surface area contributed by atoms with E-state index in [1.165, 1.54) is 38.8 Å². The van der Waals surface area contributed by atoms with E-state index in [0.717, 1.165) is 49.8 Å². The van der Waals surface area contributed by atoms with Crippen molar-refractivity contribution < 1.29 is 19.7 Å². The molecular weight excluding hydrogens is 550 g/mol. The molecule has 2 N–H and O–H groups in total. The van der Waals surface area contributed by atoms with Crippen LogP contribution >= 0.6 is 27.3 Å². The molecule has 1 fully saturated rings. The van der Waals surface area contributed by atoms with Gasteiger partial charge in [0.05, 0.1) is 4.88 Å². The van der Waals surface area contributed by atoms with Gasteiger partial charge in [-0.25, -0.2) is 0 Å². The number of aromatic hydroxyl groups is 2. The molecule has 0 spiro atoms. The smallest absolute Gasteiger partial charge is 0.153 e. The lowest BCUT2D eigenvalue weighted by Gasteiger charge is -2.31. The normalized spacial score (nSPS) is 14.7. The lowest BCUT2D eigenvalue weighted by molar-refractivity contribution is 0.151. The Kier molecular flexibility index (Phi) is 8.54. The van der Waals surface area contributed by atoms with E-state index in [1.54, 1.807) is 35.6 Å². The Balaban J connectivity index is 1.21. The van der Waals surface area contributed by atoms with Crippen LogP contribution in [0.2, 0.25) is 0 Å². The van der Waals surface area contributed by atoms with Crippen molar-refractivity contribution >= 4 is 37.4 Å². The molecule has 37 heavy (non-hydrogen) atoms. The number of ether oxygens (including phenoxy) is 2. The SMILES string of the molecule is Oc1ccc(-c2sc3cc(O)ccc3c2Oc2ccc(OCCN3CCC(CCCBr)CC3)cc2)cc1. The molecule has 0 radical (unpaired) electrons. The molecule has 0 atom stereocenters. The molecule has 0 unspecified atom stereocenters. The summed E-state index contributed by atoms with van der Waals surface area (Å²) >= 11 is 5.09. The number of phenolic OH excluding ortho intramolecular Hbond substituents is 2. The average molecular weight is 583 g/mol. The molecule has 0 bridgehead atoms. The van der Waals surface area contributed by atoms with Gasteiger partial charge in [-0.1, -0.05) is 15.9 Å². The van der Waals surface area contributed by atoms with Gasteiger partial charge in [-0.2, -0.15) is 0 Å². The second kappa shape index (κ2) is 12.2. The molecule has 4 aromatic rings. The zero-order chi connectivity index (χ0) is 25.6. The maximum atomic E-state index is 9.97. The fourth-order valence-corrected chi connectivity index (χ4v) is 6.34. The minimum atomic E-state index is 0.218. The monoisotopic (exact) mass is 581 g/mol. The number of benzene rings is 3. The molecule has 0 saturated carbocycles.